The van der Waals surface area contributed by atoms with Gasteiger partial charge < -0.3 is 15.5 Å². The van der Waals surface area contributed by atoms with Crippen LogP contribution in [0.2, 0.25) is 0 Å². The van der Waals surface area contributed by atoms with E-state index in [1.165, 1.54) is 30.7 Å². The van der Waals surface area contributed by atoms with Crippen molar-refractivity contribution in [3.63, 3.8) is 0 Å². The summed E-state index contributed by atoms with van der Waals surface area (Å²) in [6.07, 6.45) is 3.05. The Bertz CT molecular complexity index is 874. The summed E-state index contributed by atoms with van der Waals surface area (Å²) in [4.78, 5) is 14.4. The molecule has 7 nitrogen and oxygen atoms in total. The third-order valence-electron chi connectivity index (χ3n) is 4.55. The standard InChI is InChI=1S/C19H24N4O3S/c20-27(25,26)18-9-3-15(4-10-18)11-12-21-19(24)22-16-5-7-17(8-6-16)23-13-1-2-14-23/h3-10H,1-2,11-14H2,(H2,20,25,26)(H2,21,22,24). The van der Waals surface area contributed by atoms with E-state index in [0.717, 1.165) is 24.3 Å². The molecule has 0 aliphatic carbocycles. The molecule has 0 aromatic heterocycles. The lowest BCUT2D eigenvalue weighted by Crippen LogP contribution is -2.30. The number of carbonyl (C=O) groups excluding carboxylic acids is 1. The van der Waals surface area contributed by atoms with Gasteiger partial charge in [-0.2, -0.15) is 0 Å². The lowest BCUT2D eigenvalue weighted by Gasteiger charge is -2.17. The van der Waals surface area contributed by atoms with Crippen molar-refractivity contribution in [3.05, 3.63) is 54.1 Å². The van der Waals surface area contributed by atoms with Crippen LogP contribution in [0, 0.1) is 0 Å². The van der Waals surface area contributed by atoms with Crippen LogP contribution in [-0.4, -0.2) is 34.1 Å². The van der Waals surface area contributed by atoms with E-state index >= 15 is 0 Å². The molecule has 0 unspecified atom stereocenters. The number of hydrogen-bond donors (Lipinski definition) is 3. The molecule has 1 heterocycles. The van der Waals surface area contributed by atoms with Crippen LogP contribution in [0.25, 0.3) is 0 Å². The average Bonchev–Trinajstić information content (AvgIpc) is 3.17. The number of nitrogens with one attached hydrogen (secondary N) is 2. The molecule has 144 valence electrons. The Labute approximate surface area is 159 Å². The number of sulfonamides is 1. The highest BCUT2D eigenvalue weighted by atomic mass is 32.2. The normalized spacial score (nSPS) is 14.2. The van der Waals surface area contributed by atoms with Gasteiger partial charge in [0.25, 0.3) is 0 Å². The predicted octanol–water partition coefficient (Wildman–Crippen LogP) is 2.30. The molecule has 3 rings (SSSR count). The van der Waals surface area contributed by atoms with Gasteiger partial charge in [0.2, 0.25) is 10.0 Å². The van der Waals surface area contributed by atoms with Crippen LogP contribution in [0.1, 0.15) is 18.4 Å². The van der Waals surface area contributed by atoms with Crippen LogP contribution in [-0.2, 0) is 16.4 Å². The van der Waals surface area contributed by atoms with Gasteiger partial charge in [-0.05, 0) is 61.2 Å². The summed E-state index contributed by atoms with van der Waals surface area (Å²) in [5.74, 6) is 0. The second kappa shape index (κ2) is 8.41. The lowest BCUT2D eigenvalue weighted by molar-refractivity contribution is 0.252. The summed E-state index contributed by atoms with van der Waals surface area (Å²) < 4.78 is 22.5. The van der Waals surface area contributed by atoms with Crippen LogP contribution in [0.3, 0.4) is 0 Å². The van der Waals surface area contributed by atoms with Crippen molar-refractivity contribution >= 4 is 27.4 Å². The Morgan fingerprint density at radius 2 is 1.63 bits per heavy atom. The minimum absolute atomic E-state index is 0.0781. The van der Waals surface area contributed by atoms with Gasteiger partial charge in [0.15, 0.2) is 0 Å². The molecule has 1 aliphatic heterocycles. The minimum atomic E-state index is -3.68. The van der Waals surface area contributed by atoms with Crippen molar-refractivity contribution < 1.29 is 13.2 Å². The molecular weight excluding hydrogens is 364 g/mol. The summed E-state index contributed by atoms with van der Waals surface area (Å²) in [7, 11) is -3.68. The third-order valence-corrected chi connectivity index (χ3v) is 5.48. The number of rotatable bonds is 6. The van der Waals surface area contributed by atoms with Gasteiger partial charge in [-0.3, -0.25) is 0 Å². The number of primary sulfonamides is 1. The first-order valence-electron chi connectivity index (χ1n) is 8.93. The Morgan fingerprint density at radius 1 is 1.00 bits per heavy atom. The van der Waals surface area contributed by atoms with Gasteiger partial charge in [-0.1, -0.05) is 12.1 Å². The number of nitrogens with two attached hydrogens (primary N) is 1. The predicted molar refractivity (Wildman–Crippen MR) is 106 cm³/mol. The highest BCUT2D eigenvalue weighted by molar-refractivity contribution is 7.89. The largest absolute Gasteiger partial charge is 0.372 e. The fourth-order valence-electron chi connectivity index (χ4n) is 3.07. The van der Waals surface area contributed by atoms with E-state index in [9.17, 15) is 13.2 Å². The molecule has 1 aliphatic rings. The van der Waals surface area contributed by atoms with Gasteiger partial charge >= 0.3 is 6.03 Å². The van der Waals surface area contributed by atoms with Crippen LogP contribution in [0.15, 0.2) is 53.4 Å². The summed E-state index contributed by atoms with van der Waals surface area (Å²) in [6.45, 7) is 2.61. The van der Waals surface area contributed by atoms with Crippen LogP contribution < -0.4 is 20.7 Å². The smallest absolute Gasteiger partial charge is 0.319 e. The number of benzene rings is 2. The highest BCUT2D eigenvalue weighted by Crippen LogP contribution is 2.21. The van der Waals surface area contributed by atoms with Gasteiger partial charge in [-0.15, -0.1) is 0 Å². The zero-order chi connectivity index (χ0) is 19.3. The number of nitrogens with zero attached hydrogens (tertiary/aromatic N) is 1. The summed E-state index contributed by atoms with van der Waals surface area (Å²) in [5.41, 5.74) is 2.84. The van der Waals surface area contributed by atoms with Crippen molar-refractivity contribution in [1.29, 1.82) is 0 Å². The lowest BCUT2D eigenvalue weighted by atomic mass is 10.1. The number of urea groups is 1. The summed E-state index contributed by atoms with van der Waals surface area (Å²) >= 11 is 0. The number of hydrogen-bond acceptors (Lipinski definition) is 4. The van der Waals surface area contributed by atoms with Crippen molar-refractivity contribution in [1.82, 2.24) is 5.32 Å². The van der Waals surface area contributed by atoms with E-state index in [4.69, 9.17) is 5.14 Å². The SMILES string of the molecule is NS(=O)(=O)c1ccc(CCNC(=O)Nc2ccc(N3CCCC3)cc2)cc1. The van der Waals surface area contributed by atoms with E-state index < -0.39 is 10.0 Å². The molecule has 4 N–H and O–H groups in total. The first kappa shape index (κ1) is 19.2. The molecule has 0 atom stereocenters. The molecule has 27 heavy (non-hydrogen) atoms. The number of carbonyl (C=O) groups is 1. The maximum atomic E-state index is 12.0. The van der Waals surface area contributed by atoms with Crippen molar-refractivity contribution in [2.75, 3.05) is 29.9 Å². The molecule has 8 heteroatoms. The highest BCUT2D eigenvalue weighted by Gasteiger charge is 2.12. The molecule has 0 radical (unpaired) electrons. The second-order valence-electron chi connectivity index (χ2n) is 6.56. The molecule has 0 saturated carbocycles. The molecule has 1 saturated heterocycles. The molecule has 2 aromatic rings. The fourth-order valence-corrected chi connectivity index (χ4v) is 3.59. The Balaban J connectivity index is 1.44. The number of anilines is 2. The van der Waals surface area contributed by atoms with Crippen molar-refractivity contribution in [2.45, 2.75) is 24.2 Å². The van der Waals surface area contributed by atoms with Gasteiger partial charge in [-0.25, -0.2) is 18.4 Å². The van der Waals surface area contributed by atoms with E-state index in [1.807, 2.05) is 24.3 Å². The molecule has 0 bridgehead atoms. The quantitative estimate of drug-likeness (QED) is 0.706. The minimum Gasteiger partial charge on any atom is -0.372 e. The van der Waals surface area contributed by atoms with E-state index in [1.54, 1.807) is 12.1 Å². The van der Waals surface area contributed by atoms with E-state index in [-0.39, 0.29) is 10.9 Å². The van der Waals surface area contributed by atoms with Crippen LogP contribution >= 0.6 is 0 Å². The molecule has 0 spiro atoms. The van der Waals surface area contributed by atoms with Gasteiger partial charge in [0.1, 0.15) is 0 Å². The zero-order valence-corrected chi connectivity index (χ0v) is 15.8. The van der Waals surface area contributed by atoms with E-state index in [0.29, 0.717) is 13.0 Å². The summed E-state index contributed by atoms with van der Waals surface area (Å²) in [6, 6.07) is 13.9. The molecule has 2 aromatic carbocycles. The number of amides is 2. The zero-order valence-electron chi connectivity index (χ0n) is 15.0. The average molecular weight is 388 g/mol. The van der Waals surface area contributed by atoms with E-state index in [2.05, 4.69) is 15.5 Å². The van der Waals surface area contributed by atoms with Crippen LogP contribution in [0.5, 0.6) is 0 Å². The van der Waals surface area contributed by atoms with Crippen molar-refractivity contribution in [3.8, 4) is 0 Å². The molecular formula is C19H24N4O3S. The third kappa shape index (κ3) is 5.45. The second-order valence-corrected chi connectivity index (χ2v) is 8.12. The molecule has 1 fully saturated rings. The maximum absolute atomic E-state index is 12.0. The Hall–Kier alpha value is -2.58. The Kier molecular flexibility index (Phi) is 5.98. The fraction of sp³-hybridized carbons (Fsp3) is 0.316. The molecule has 2 amide bonds. The van der Waals surface area contributed by atoms with Gasteiger partial charge in [0.05, 0.1) is 4.90 Å². The summed E-state index contributed by atoms with van der Waals surface area (Å²) in [5, 5.41) is 10.7. The maximum Gasteiger partial charge on any atom is 0.319 e. The monoisotopic (exact) mass is 388 g/mol. The van der Waals surface area contributed by atoms with Crippen LogP contribution in [0.4, 0.5) is 16.2 Å². The van der Waals surface area contributed by atoms with Gasteiger partial charge in [0, 0.05) is 31.0 Å². The first-order valence-corrected chi connectivity index (χ1v) is 10.5. The van der Waals surface area contributed by atoms with Crippen molar-refractivity contribution in [2.24, 2.45) is 5.14 Å². The Morgan fingerprint density at radius 3 is 2.22 bits per heavy atom. The topological polar surface area (TPSA) is 105 Å². The first-order chi connectivity index (χ1) is 12.9.